The van der Waals surface area contributed by atoms with Crippen LogP contribution in [0, 0.1) is 0 Å². The number of esters is 2. The molecular weight excluding hydrogens is 981 g/mol. The van der Waals surface area contributed by atoms with Crippen LogP contribution < -0.4 is 0 Å². The second-order valence-electron chi connectivity index (χ2n) is 20.7. The van der Waals surface area contributed by atoms with Crippen LogP contribution >= 0.6 is 0 Å². The van der Waals surface area contributed by atoms with Gasteiger partial charge in [-0.3, -0.25) is 9.59 Å². The van der Waals surface area contributed by atoms with Gasteiger partial charge < -0.3 is 14.6 Å². The van der Waals surface area contributed by atoms with Gasteiger partial charge in [-0.05, 0) is 135 Å². The normalized spacial score (nSPS) is 13.5. The standard InChI is InChI=1S/C75H118O5/c1-3-5-7-9-11-13-15-17-19-21-23-25-27-29-31-33-35-37-39-41-43-45-47-49-51-53-55-57-59-61-63-65-67-69-74(77)79-72-73(71-76)80-75(78)70-68-66-64-62-60-58-56-54-52-50-48-46-44-42-40-38-36-34-32-30-28-26-24-22-20-18-16-14-12-10-8-6-4-2/h5-8,11-14,17-20,23-26,29-32,35-38,42,44,48,50,54,56,73,76H,3-4,9-10,15-16,21-22,27-28,33-34,39-41,43,45-47,49,51-53,55,57-72H2,1-2H3/b7-5-,8-6-,13-11-,14-12-,19-17-,20-18-,25-23-,26-24-,31-29-,32-30-,37-35-,38-36-,44-42-,50-48-,56-54-. The smallest absolute Gasteiger partial charge is 0.306 e. The summed E-state index contributed by atoms with van der Waals surface area (Å²) < 4.78 is 10.7. The van der Waals surface area contributed by atoms with Crippen LogP contribution in [0.15, 0.2) is 182 Å². The van der Waals surface area contributed by atoms with Crippen molar-refractivity contribution in [3.05, 3.63) is 182 Å². The van der Waals surface area contributed by atoms with E-state index in [1.807, 2.05) is 0 Å². The Hall–Kier alpha value is -5.00. The summed E-state index contributed by atoms with van der Waals surface area (Å²) in [4.78, 5) is 24.6. The van der Waals surface area contributed by atoms with Gasteiger partial charge in [0, 0.05) is 12.8 Å². The number of hydrogen-bond donors (Lipinski definition) is 1. The Morgan fingerprint density at radius 1 is 0.287 bits per heavy atom. The lowest BCUT2D eigenvalue weighted by molar-refractivity contribution is -0.161. The highest BCUT2D eigenvalue weighted by molar-refractivity contribution is 5.70. The minimum absolute atomic E-state index is 0.0851. The third kappa shape index (κ3) is 65.5. The Bertz CT molecular complexity index is 1820. The van der Waals surface area contributed by atoms with E-state index in [1.54, 1.807) is 0 Å². The van der Waals surface area contributed by atoms with E-state index in [4.69, 9.17) is 9.47 Å². The number of allylic oxidation sites excluding steroid dienone is 30. The van der Waals surface area contributed by atoms with Crippen LogP contribution in [0.25, 0.3) is 0 Å². The summed E-state index contributed by atoms with van der Waals surface area (Å²) in [7, 11) is 0. The van der Waals surface area contributed by atoms with Crippen molar-refractivity contribution in [1.82, 2.24) is 0 Å². The molecule has 0 aromatic heterocycles. The van der Waals surface area contributed by atoms with Crippen LogP contribution in [0.4, 0.5) is 0 Å². The van der Waals surface area contributed by atoms with Crippen molar-refractivity contribution in [2.24, 2.45) is 0 Å². The van der Waals surface area contributed by atoms with Gasteiger partial charge >= 0.3 is 11.9 Å². The number of aliphatic hydroxyl groups is 1. The summed E-state index contributed by atoms with van der Waals surface area (Å²) in [6.45, 7) is 3.89. The van der Waals surface area contributed by atoms with E-state index in [0.717, 1.165) is 154 Å². The summed E-state index contributed by atoms with van der Waals surface area (Å²) in [5.41, 5.74) is 0. The van der Waals surface area contributed by atoms with E-state index in [2.05, 4.69) is 196 Å². The summed E-state index contributed by atoms with van der Waals surface area (Å²) in [6.07, 6.45) is 107. The van der Waals surface area contributed by atoms with Crippen molar-refractivity contribution in [3.63, 3.8) is 0 Å². The van der Waals surface area contributed by atoms with Gasteiger partial charge in [0.15, 0.2) is 6.10 Å². The van der Waals surface area contributed by atoms with E-state index in [-0.39, 0.29) is 25.2 Å². The Labute approximate surface area is 493 Å². The first-order valence-electron chi connectivity index (χ1n) is 32.3. The lowest BCUT2D eigenvalue weighted by Gasteiger charge is -2.15. The van der Waals surface area contributed by atoms with Crippen molar-refractivity contribution >= 4 is 11.9 Å². The lowest BCUT2D eigenvalue weighted by Crippen LogP contribution is -2.28. The van der Waals surface area contributed by atoms with Gasteiger partial charge in [-0.1, -0.05) is 292 Å². The summed E-state index contributed by atoms with van der Waals surface area (Å²) in [5, 5.41) is 9.69. The average Bonchev–Trinajstić information content (AvgIpc) is 3.46. The molecule has 1 atom stereocenters. The number of aliphatic hydroxyl groups excluding tert-OH is 1. The zero-order valence-electron chi connectivity index (χ0n) is 51.3. The molecule has 5 nitrogen and oxygen atoms in total. The number of hydrogen-bond acceptors (Lipinski definition) is 5. The summed E-state index contributed by atoms with van der Waals surface area (Å²) >= 11 is 0. The Kier molecular flexibility index (Phi) is 64.0. The first-order valence-corrected chi connectivity index (χ1v) is 32.3. The molecule has 0 radical (unpaired) electrons. The number of ether oxygens (including phenoxy) is 2. The van der Waals surface area contributed by atoms with Crippen LogP contribution in [0.5, 0.6) is 0 Å². The van der Waals surface area contributed by atoms with Gasteiger partial charge in [0.1, 0.15) is 6.61 Å². The van der Waals surface area contributed by atoms with Crippen molar-refractivity contribution in [1.29, 1.82) is 0 Å². The zero-order valence-corrected chi connectivity index (χ0v) is 51.3. The third-order valence-electron chi connectivity index (χ3n) is 13.2. The molecule has 0 saturated carbocycles. The summed E-state index contributed by atoms with van der Waals surface area (Å²) in [6, 6.07) is 0. The van der Waals surface area contributed by atoms with Gasteiger partial charge in [0.05, 0.1) is 6.61 Å². The second-order valence-corrected chi connectivity index (χ2v) is 20.7. The van der Waals surface area contributed by atoms with Crippen LogP contribution in [0.3, 0.4) is 0 Å². The maximum absolute atomic E-state index is 12.3. The molecule has 0 amide bonds. The van der Waals surface area contributed by atoms with E-state index < -0.39 is 6.10 Å². The number of unbranched alkanes of at least 4 members (excludes halogenated alkanes) is 19. The van der Waals surface area contributed by atoms with E-state index >= 15 is 0 Å². The molecule has 1 N–H and O–H groups in total. The van der Waals surface area contributed by atoms with Gasteiger partial charge in [-0.2, -0.15) is 0 Å². The van der Waals surface area contributed by atoms with Gasteiger partial charge in [-0.25, -0.2) is 0 Å². The fourth-order valence-electron chi connectivity index (χ4n) is 8.43. The van der Waals surface area contributed by atoms with Gasteiger partial charge in [-0.15, -0.1) is 0 Å². The predicted octanol–water partition coefficient (Wildman–Crippen LogP) is 22.6. The molecule has 5 heteroatoms. The van der Waals surface area contributed by atoms with Crippen molar-refractivity contribution in [2.75, 3.05) is 13.2 Å². The molecule has 0 spiro atoms. The quantitative estimate of drug-likeness (QED) is 0.0373. The third-order valence-corrected chi connectivity index (χ3v) is 13.2. The monoisotopic (exact) mass is 1100 g/mol. The minimum Gasteiger partial charge on any atom is -0.462 e. The lowest BCUT2D eigenvalue weighted by atomic mass is 10.0. The molecule has 0 fully saturated rings. The number of carbonyl (C=O) groups excluding carboxylic acids is 2. The predicted molar refractivity (Wildman–Crippen MR) is 352 cm³/mol. The molecule has 0 aromatic carbocycles. The SMILES string of the molecule is CC/C=C\C/C=C\C/C=C\C/C=C\C/C=C\C/C=C\C/C=C\C/C=C\C/C=C\CCCCCCCC(=O)OC(CO)COC(=O)CCCCCCCCCCCCCCCC/C=C\C/C=C\C/C=C\C/C=C\C/C=C\C/C=C\CC. The minimum atomic E-state index is -0.798. The Morgan fingerprint density at radius 2 is 0.500 bits per heavy atom. The van der Waals surface area contributed by atoms with Crippen molar-refractivity contribution in [2.45, 2.75) is 264 Å². The Balaban J connectivity index is 3.60. The second kappa shape index (κ2) is 68.3. The molecular formula is C75H118O5. The Morgan fingerprint density at radius 3 is 0.750 bits per heavy atom. The summed E-state index contributed by atoms with van der Waals surface area (Å²) in [5.74, 6) is -0.622. The highest BCUT2D eigenvalue weighted by atomic mass is 16.6. The first-order chi connectivity index (χ1) is 39.6. The van der Waals surface area contributed by atoms with Gasteiger partial charge in [0.2, 0.25) is 0 Å². The highest BCUT2D eigenvalue weighted by Crippen LogP contribution is 2.15. The zero-order chi connectivity index (χ0) is 57.6. The molecule has 0 aliphatic rings. The van der Waals surface area contributed by atoms with Crippen molar-refractivity contribution in [3.8, 4) is 0 Å². The molecule has 0 bridgehead atoms. The van der Waals surface area contributed by atoms with Crippen LogP contribution in [0.2, 0.25) is 0 Å². The van der Waals surface area contributed by atoms with Crippen LogP contribution in [-0.2, 0) is 19.1 Å². The first kappa shape index (κ1) is 75.0. The fraction of sp³-hybridized carbons (Fsp3) is 0.573. The molecule has 80 heavy (non-hydrogen) atoms. The molecule has 0 saturated heterocycles. The molecule has 0 heterocycles. The van der Waals surface area contributed by atoms with Crippen molar-refractivity contribution < 1.29 is 24.2 Å². The molecule has 0 aromatic rings. The largest absolute Gasteiger partial charge is 0.462 e. The number of carbonyl (C=O) groups is 2. The van der Waals surface area contributed by atoms with Crippen LogP contribution in [-0.4, -0.2) is 36.4 Å². The topological polar surface area (TPSA) is 72.8 Å². The number of rotatable bonds is 57. The van der Waals surface area contributed by atoms with Gasteiger partial charge in [0.25, 0.3) is 0 Å². The average molecular weight is 1100 g/mol. The van der Waals surface area contributed by atoms with Crippen LogP contribution in [0.1, 0.15) is 258 Å². The molecule has 0 aliphatic carbocycles. The molecule has 0 aliphatic heterocycles. The van der Waals surface area contributed by atoms with E-state index in [1.165, 1.54) is 77.0 Å². The fourth-order valence-corrected chi connectivity index (χ4v) is 8.43. The molecule has 448 valence electrons. The maximum atomic E-state index is 12.3. The maximum Gasteiger partial charge on any atom is 0.306 e. The van der Waals surface area contributed by atoms with E-state index in [0.29, 0.717) is 12.8 Å². The van der Waals surface area contributed by atoms with E-state index in [9.17, 15) is 14.7 Å². The highest BCUT2D eigenvalue weighted by Gasteiger charge is 2.16. The molecule has 1 unspecified atom stereocenters. The molecule has 0 rings (SSSR count).